The maximum atomic E-state index is 12.9. The molecule has 1 aliphatic heterocycles. The Kier molecular flexibility index (Phi) is 39.3. The van der Waals surface area contributed by atoms with Gasteiger partial charge in [-0.05, 0) is 77.6 Å². The number of amides is 1. The van der Waals surface area contributed by atoms with E-state index in [1.807, 2.05) is 19.1 Å². The zero-order chi connectivity index (χ0) is 46.0. The summed E-state index contributed by atoms with van der Waals surface area (Å²) in [6.45, 7) is 4.00. The summed E-state index contributed by atoms with van der Waals surface area (Å²) in [5.41, 5.74) is 0. The van der Waals surface area contributed by atoms with E-state index in [2.05, 4.69) is 42.6 Å². The standard InChI is InChI=1S/C52H93NO10/c1-3-5-7-9-11-13-14-20-24-28-32-36-40-48(57)61-41-37-33-29-25-21-18-16-15-17-19-23-27-31-35-39-47(56)53-44(45(55)38-34-30-26-22-12-10-8-6-4-2)43-62-52-51(60)50(59)49(58)46(42-54)63-52/h4,6,11-13,22,34,38,44-46,49-52,54-55,58-60H,3,5,7-10,14-21,23-33,35-37,39-43H2,1-2H3,(H,53,56)/b6-4+,13-11-,22-12+,38-34+. The van der Waals surface area contributed by atoms with Gasteiger partial charge in [-0.1, -0.05) is 165 Å². The highest BCUT2D eigenvalue weighted by atomic mass is 16.7. The Labute approximate surface area is 383 Å². The number of nitrogens with one attached hydrogen (secondary N) is 1. The minimum atomic E-state index is -1.58. The molecule has 1 rings (SSSR count). The molecule has 11 heteroatoms. The van der Waals surface area contributed by atoms with Gasteiger partial charge in [0.1, 0.15) is 24.4 Å². The van der Waals surface area contributed by atoms with Crippen LogP contribution in [-0.2, 0) is 23.8 Å². The van der Waals surface area contributed by atoms with Crippen LogP contribution in [0.2, 0.25) is 0 Å². The molecular formula is C52H93NO10. The molecule has 0 radical (unpaired) electrons. The maximum Gasteiger partial charge on any atom is 0.305 e. The van der Waals surface area contributed by atoms with Gasteiger partial charge in [-0.2, -0.15) is 0 Å². The molecule has 0 bridgehead atoms. The molecule has 0 aromatic heterocycles. The third-order valence-corrected chi connectivity index (χ3v) is 11.7. The molecule has 1 saturated heterocycles. The van der Waals surface area contributed by atoms with Crippen molar-refractivity contribution in [1.29, 1.82) is 0 Å². The summed E-state index contributed by atoms with van der Waals surface area (Å²) >= 11 is 0. The van der Waals surface area contributed by atoms with Gasteiger partial charge in [0.05, 0.1) is 32.0 Å². The van der Waals surface area contributed by atoms with Gasteiger partial charge >= 0.3 is 5.97 Å². The van der Waals surface area contributed by atoms with E-state index in [-0.39, 0.29) is 18.5 Å². The van der Waals surface area contributed by atoms with Gasteiger partial charge in [0.2, 0.25) is 5.91 Å². The maximum absolute atomic E-state index is 12.9. The van der Waals surface area contributed by atoms with Gasteiger partial charge in [0.25, 0.3) is 0 Å². The van der Waals surface area contributed by atoms with E-state index in [1.165, 1.54) is 103 Å². The second-order valence-electron chi connectivity index (χ2n) is 17.5. The summed E-state index contributed by atoms with van der Waals surface area (Å²) in [7, 11) is 0. The molecule has 11 nitrogen and oxygen atoms in total. The number of aliphatic hydroxyl groups is 5. The van der Waals surface area contributed by atoms with E-state index in [4.69, 9.17) is 14.2 Å². The molecule has 6 N–H and O–H groups in total. The Balaban J connectivity index is 2.13. The van der Waals surface area contributed by atoms with Gasteiger partial charge in [-0.25, -0.2) is 0 Å². The van der Waals surface area contributed by atoms with Crippen LogP contribution >= 0.6 is 0 Å². The zero-order valence-electron chi connectivity index (χ0n) is 39.8. The van der Waals surface area contributed by atoms with Crippen LogP contribution < -0.4 is 5.32 Å². The van der Waals surface area contributed by atoms with Gasteiger partial charge in [0.15, 0.2) is 6.29 Å². The number of hydrogen-bond acceptors (Lipinski definition) is 10. The lowest BCUT2D eigenvalue weighted by Gasteiger charge is -2.40. The summed E-state index contributed by atoms with van der Waals surface area (Å²) in [6, 6.07) is -0.841. The molecule has 7 atom stereocenters. The fourth-order valence-corrected chi connectivity index (χ4v) is 7.64. The molecule has 1 heterocycles. The van der Waals surface area contributed by atoms with Crippen molar-refractivity contribution in [1.82, 2.24) is 5.32 Å². The van der Waals surface area contributed by atoms with E-state index < -0.39 is 49.5 Å². The normalized spacial score (nSPS) is 20.4. The zero-order valence-corrected chi connectivity index (χ0v) is 39.8. The largest absolute Gasteiger partial charge is 0.466 e. The van der Waals surface area contributed by atoms with E-state index in [0.717, 1.165) is 70.6 Å². The summed E-state index contributed by atoms with van der Waals surface area (Å²) in [5, 5.41) is 54.0. The molecule has 0 aromatic carbocycles. The highest BCUT2D eigenvalue weighted by Crippen LogP contribution is 2.23. The van der Waals surface area contributed by atoms with Gasteiger partial charge in [-0.3, -0.25) is 9.59 Å². The molecule has 1 aliphatic rings. The molecular weight excluding hydrogens is 799 g/mol. The first-order valence-electron chi connectivity index (χ1n) is 25.4. The molecule has 0 aromatic rings. The molecule has 7 unspecified atom stereocenters. The summed E-state index contributed by atoms with van der Waals surface area (Å²) in [4.78, 5) is 25.0. The lowest BCUT2D eigenvalue weighted by molar-refractivity contribution is -0.302. The number of ether oxygens (including phenoxy) is 3. The smallest absolute Gasteiger partial charge is 0.305 e. The van der Waals surface area contributed by atoms with Crippen molar-refractivity contribution in [3.63, 3.8) is 0 Å². The first kappa shape index (κ1) is 58.6. The first-order valence-corrected chi connectivity index (χ1v) is 25.4. The Morgan fingerprint density at radius 1 is 0.603 bits per heavy atom. The first-order chi connectivity index (χ1) is 30.7. The summed E-state index contributed by atoms with van der Waals surface area (Å²) < 4.78 is 16.6. The minimum absolute atomic E-state index is 0.0359. The van der Waals surface area contributed by atoms with Crippen LogP contribution in [0.15, 0.2) is 48.6 Å². The fourth-order valence-electron chi connectivity index (χ4n) is 7.64. The van der Waals surface area contributed by atoms with Crippen LogP contribution in [-0.4, -0.2) is 100 Å². The average molecular weight is 892 g/mol. The molecule has 1 amide bonds. The van der Waals surface area contributed by atoms with E-state index in [0.29, 0.717) is 25.9 Å². The molecule has 63 heavy (non-hydrogen) atoms. The van der Waals surface area contributed by atoms with Crippen LogP contribution in [0.4, 0.5) is 0 Å². The van der Waals surface area contributed by atoms with E-state index in [1.54, 1.807) is 6.08 Å². The van der Waals surface area contributed by atoms with Crippen LogP contribution in [0.1, 0.15) is 206 Å². The molecule has 0 saturated carbocycles. The fraction of sp³-hybridized carbons (Fsp3) is 0.808. The number of esters is 1. The lowest BCUT2D eigenvalue weighted by Crippen LogP contribution is -2.60. The number of unbranched alkanes of at least 4 members (excludes halogenated alkanes) is 23. The minimum Gasteiger partial charge on any atom is -0.466 e. The van der Waals surface area contributed by atoms with Gasteiger partial charge in [-0.15, -0.1) is 0 Å². The molecule has 0 aliphatic carbocycles. The Morgan fingerprint density at radius 2 is 1.10 bits per heavy atom. The predicted molar refractivity (Wildman–Crippen MR) is 255 cm³/mol. The third kappa shape index (κ3) is 32.9. The number of allylic oxidation sites excluding steroid dienone is 7. The Bertz CT molecular complexity index is 1190. The summed E-state index contributed by atoms with van der Waals surface area (Å²) in [6.07, 6.45) is 40.7. The van der Waals surface area contributed by atoms with Crippen molar-refractivity contribution in [2.45, 2.75) is 249 Å². The third-order valence-electron chi connectivity index (χ3n) is 11.7. The quantitative estimate of drug-likeness (QED) is 0.0197. The van der Waals surface area contributed by atoms with Crippen LogP contribution in [0.5, 0.6) is 0 Å². The van der Waals surface area contributed by atoms with Crippen LogP contribution in [0, 0.1) is 0 Å². The lowest BCUT2D eigenvalue weighted by atomic mass is 9.99. The van der Waals surface area contributed by atoms with E-state index in [9.17, 15) is 35.1 Å². The van der Waals surface area contributed by atoms with Gasteiger partial charge < -0.3 is 45.1 Å². The van der Waals surface area contributed by atoms with Gasteiger partial charge in [0, 0.05) is 12.8 Å². The number of rotatable bonds is 42. The highest BCUT2D eigenvalue weighted by molar-refractivity contribution is 5.76. The molecule has 1 fully saturated rings. The van der Waals surface area contributed by atoms with Crippen LogP contribution in [0.3, 0.4) is 0 Å². The summed E-state index contributed by atoms with van der Waals surface area (Å²) in [5.74, 6) is -0.248. The predicted octanol–water partition coefficient (Wildman–Crippen LogP) is 10.2. The number of hydrogen-bond donors (Lipinski definition) is 6. The number of aliphatic hydroxyl groups excluding tert-OH is 5. The highest BCUT2D eigenvalue weighted by Gasteiger charge is 2.44. The van der Waals surface area contributed by atoms with Crippen molar-refractivity contribution in [2.75, 3.05) is 19.8 Å². The second kappa shape index (κ2) is 42.3. The number of carbonyl (C=O) groups is 2. The molecule has 0 spiro atoms. The molecule has 366 valence electrons. The monoisotopic (exact) mass is 892 g/mol. The van der Waals surface area contributed by atoms with Crippen molar-refractivity contribution in [3.8, 4) is 0 Å². The topological polar surface area (TPSA) is 175 Å². The van der Waals surface area contributed by atoms with Crippen molar-refractivity contribution in [2.24, 2.45) is 0 Å². The van der Waals surface area contributed by atoms with E-state index >= 15 is 0 Å². The second-order valence-corrected chi connectivity index (χ2v) is 17.5. The van der Waals surface area contributed by atoms with Crippen LogP contribution in [0.25, 0.3) is 0 Å². The Morgan fingerprint density at radius 3 is 1.67 bits per heavy atom. The van der Waals surface area contributed by atoms with Crippen molar-refractivity contribution >= 4 is 11.9 Å². The SMILES string of the molecule is C/C=C/CC/C=C/CC/C=C/C(O)C(COC1OC(CO)C(O)C(O)C1O)NC(=O)CCCCCCCCCCCCCCCCOC(=O)CCCCCCC/C=C\CCCCC. The number of carbonyl (C=O) groups excluding carboxylic acids is 2. The average Bonchev–Trinajstić information content (AvgIpc) is 3.28. The Hall–Kier alpha value is -2.38. The van der Waals surface area contributed by atoms with Crippen molar-refractivity contribution in [3.05, 3.63) is 48.6 Å². The van der Waals surface area contributed by atoms with Crippen molar-refractivity contribution < 1.29 is 49.3 Å².